The van der Waals surface area contributed by atoms with Crippen LogP contribution in [0.5, 0.6) is 11.5 Å². The van der Waals surface area contributed by atoms with Gasteiger partial charge in [0.1, 0.15) is 17.1 Å². The number of ketones is 1. The molecule has 30 heavy (non-hydrogen) atoms. The van der Waals surface area contributed by atoms with E-state index in [0.717, 1.165) is 56.8 Å². The van der Waals surface area contributed by atoms with Gasteiger partial charge in [0, 0.05) is 25.1 Å². The molecule has 0 bridgehead atoms. The van der Waals surface area contributed by atoms with Gasteiger partial charge in [0.15, 0.2) is 5.78 Å². The van der Waals surface area contributed by atoms with Gasteiger partial charge in [-0.3, -0.25) is 9.59 Å². The van der Waals surface area contributed by atoms with E-state index in [4.69, 9.17) is 15.2 Å². The number of para-hydroxylation sites is 1. The number of nitrogens with two attached hydrogens (primary N) is 1. The molecule has 1 spiro atoms. The molecule has 4 rings (SSSR count). The number of likely N-dealkylation sites (tertiary alicyclic amines) is 1. The number of ether oxygens (including phenoxy) is 2. The Balaban J connectivity index is 1.25. The number of amides is 1. The quantitative estimate of drug-likeness (QED) is 0.741. The van der Waals surface area contributed by atoms with Crippen LogP contribution in [0.25, 0.3) is 0 Å². The molecule has 2 aliphatic heterocycles. The zero-order valence-electron chi connectivity index (χ0n) is 17.1. The number of fused-ring (bicyclic) bond motifs is 1. The fourth-order valence-electron chi connectivity index (χ4n) is 4.36. The van der Waals surface area contributed by atoms with Crippen molar-refractivity contribution in [2.75, 3.05) is 26.2 Å². The van der Waals surface area contributed by atoms with Crippen molar-refractivity contribution in [3.05, 3.63) is 59.7 Å². The van der Waals surface area contributed by atoms with Gasteiger partial charge in [-0.05, 0) is 62.2 Å². The zero-order valence-corrected chi connectivity index (χ0v) is 17.1. The van der Waals surface area contributed by atoms with Crippen LogP contribution in [0.4, 0.5) is 0 Å². The summed E-state index contributed by atoms with van der Waals surface area (Å²) in [7, 11) is 0. The summed E-state index contributed by atoms with van der Waals surface area (Å²) in [4.78, 5) is 26.2. The van der Waals surface area contributed by atoms with Crippen LogP contribution in [0.1, 0.15) is 52.8 Å². The van der Waals surface area contributed by atoms with E-state index in [2.05, 4.69) is 4.90 Å². The number of hydrogen-bond donors (Lipinski definition) is 1. The van der Waals surface area contributed by atoms with Gasteiger partial charge in [0.2, 0.25) is 5.91 Å². The Morgan fingerprint density at radius 3 is 2.70 bits per heavy atom. The summed E-state index contributed by atoms with van der Waals surface area (Å²) >= 11 is 0. The summed E-state index contributed by atoms with van der Waals surface area (Å²) in [6.07, 6.45) is 4.18. The molecule has 1 fully saturated rings. The predicted octanol–water partition coefficient (Wildman–Crippen LogP) is 3.44. The molecule has 0 aliphatic carbocycles. The normalized spacial score (nSPS) is 21.5. The number of carbonyl (C=O) groups is 2. The molecule has 6 nitrogen and oxygen atoms in total. The maximum atomic E-state index is 12.6. The molecular formula is C24H28N2O4. The van der Waals surface area contributed by atoms with Crippen molar-refractivity contribution in [2.45, 2.75) is 37.7 Å². The second-order valence-electron chi connectivity index (χ2n) is 8.17. The third-order valence-corrected chi connectivity index (χ3v) is 6.01. The van der Waals surface area contributed by atoms with Gasteiger partial charge in [0.25, 0.3) is 0 Å². The van der Waals surface area contributed by atoms with Gasteiger partial charge in [-0.1, -0.05) is 12.1 Å². The average Bonchev–Trinajstić information content (AvgIpc) is 2.93. The molecule has 1 unspecified atom stereocenters. The van der Waals surface area contributed by atoms with Crippen LogP contribution in [0.15, 0.2) is 48.5 Å². The van der Waals surface area contributed by atoms with Crippen molar-refractivity contribution in [1.82, 2.24) is 4.90 Å². The molecule has 0 radical (unpaired) electrons. The van der Waals surface area contributed by atoms with Crippen molar-refractivity contribution in [3.8, 4) is 11.5 Å². The Bertz CT molecular complexity index is 912. The smallest absolute Gasteiger partial charge is 0.248 e. The molecule has 158 valence electrons. The monoisotopic (exact) mass is 408 g/mol. The van der Waals surface area contributed by atoms with Gasteiger partial charge in [-0.2, -0.15) is 0 Å². The first-order valence-corrected chi connectivity index (χ1v) is 10.6. The molecule has 2 heterocycles. The van der Waals surface area contributed by atoms with Crippen molar-refractivity contribution in [3.63, 3.8) is 0 Å². The highest BCUT2D eigenvalue weighted by molar-refractivity contribution is 6.00. The number of benzene rings is 2. The first-order valence-electron chi connectivity index (χ1n) is 10.6. The molecule has 1 amide bonds. The Hall–Kier alpha value is -2.86. The maximum Gasteiger partial charge on any atom is 0.248 e. The highest BCUT2D eigenvalue weighted by Crippen LogP contribution is 2.39. The Morgan fingerprint density at radius 1 is 1.10 bits per heavy atom. The van der Waals surface area contributed by atoms with Crippen LogP contribution in [0, 0.1) is 0 Å². The van der Waals surface area contributed by atoms with E-state index < -0.39 is 5.91 Å². The van der Waals surface area contributed by atoms with Crippen LogP contribution in [0.2, 0.25) is 0 Å². The van der Waals surface area contributed by atoms with Crippen molar-refractivity contribution in [1.29, 1.82) is 0 Å². The van der Waals surface area contributed by atoms with E-state index in [-0.39, 0.29) is 11.4 Å². The highest BCUT2D eigenvalue weighted by atomic mass is 16.5. The Kier molecular flexibility index (Phi) is 6.04. The average molecular weight is 408 g/mol. The second kappa shape index (κ2) is 8.88. The number of nitrogens with zero attached hydrogens (tertiary/aromatic N) is 1. The van der Waals surface area contributed by atoms with E-state index >= 15 is 0 Å². The third-order valence-electron chi connectivity index (χ3n) is 6.01. The molecule has 1 saturated heterocycles. The maximum absolute atomic E-state index is 12.6. The number of hydrogen-bond acceptors (Lipinski definition) is 5. The minimum atomic E-state index is -0.437. The fraction of sp³-hybridized carbons (Fsp3) is 0.417. The van der Waals surface area contributed by atoms with Gasteiger partial charge in [-0.25, -0.2) is 0 Å². The summed E-state index contributed by atoms with van der Waals surface area (Å²) in [5.41, 5.74) is 6.08. The van der Waals surface area contributed by atoms with Crippen LogP contribution >= 0.6 is 0 Å². The summed E-state index contributed by atoms with van der Waals surface area (Å²) in [6.45, 7) is 3.48. The van der Waals surface area contributed by atoms with Gasteiger partial charge < -0.3 is 20.1 Å². The second-order valence-corrected chi connectivity index (χ2v) is 8.17. The first kappa shape index (κ1) is 20.4. The van der Waals surface area contributed by atoms with Gasteiger partial charge >= 0.3 is 0 Å². The lowest BCUT2D eigenvalue weighted by atomic mass is 9.84. The van der Waals surface area contributed by atoms with Gasteiger partial charge in [0.05, 0.1) is 18.6 Å². The molecule has 2 aromatic rings. The summed E-state index contributed by atoms with van der Waals surface area (Å²) in [5.74, 6) is 1.23. The lowest BCUT2D eigenvalue weighted by molar-refractivity contribution is 0.0300. The summed E-state index contributed by atoms with van der Waals surface area (Å²) < 4.78 is 12.1. The van der Waals surface area contributed by atoms with Gasteiger partial charge in [-0.15, -0.1) is 0 Å². The Labute approximate surface area is 177 Å². The molecule has 1 atom stereocenters. The summed E-state index contributed by atoms with van der Waals surface area (Å²) in [6, 6.07) is 14.5. The van der Waals surface area contributed by atoms with E-state index in [1.807, 2.05) is 24.3 Å². The number of carbonyl (C=O) groups excluding carboxylic acids is 2. The lowest BCUT2D eigenvalue weighted by Crippen LogP contribution is -2.43. The van der Waals surface area contributed by atoms with E-state index in [9.17, 15) is 9.59 Å². The third kappa shape index (κ3) is 4.65. The Morgan fingerprint density at radius 2 is 1.90 bits per heavy atom. The summed E-state index contributed by atoms with van der Waals surface area (Å²) in [5, 5.41) is 0. The lowest BCUT2D eigenvalue weighted by Gasteiger charge is -2.37. The van der Waals surface area contributed by atoms with E-state index in [1.165, 1.54) is 0 Å². The topological polar surface area (TPSA) is 81.9 Å². The van der Waals surface area contributed by atoms with Crippen LogP contribution in [-0.4, -0.2) is 48.4 Å². The molecule has 6 heteroatoms. The highest BCUT2D eigenvalue weighted by Gasteiger charge is 2.41. The van der Waals surface area contributed by atoms with Crippen LogP contribution in [0.3, 0.4) is 0 Å². The minimum Gasteiger partial charge on any atom is -0.494 e. The van der Waals surface area contributed by atoms with Crippen molar-refractivity contribution in [2.24, 2.45) is 5.73 Å². The van der Waals surface area contributed by atoms with Crippen LogP contribution in [-0.2, 0) is 0 Å². The fourth-order valence-corrected chi connectivity index (χ4v) is 4.36. The standard InChI is InChI=1S/C24H28N2O4/c25-23(28)18-7-9-19(10-8-18)29-16-4-14-26-13-3-11-24(12-15-26)17-21(27)20-5-1-2-6-22(20)30-24/h1-2,5-10H,3-4,11-17H2,(H2,25,28). The number of rotatable bonds is 6. The van der Waals surface area contributed by atoms with Crippen molar-refractivity contribution >= 4 is 11.7 Å². The first-order chi connectivity index (χ1) is 14.5. The van der Waals surface area contributed by atoms with E-state index in [1.54, 1.807) is 24.3 Å². The van der Waals surface area contributed by atoms with E-state index in [0.29, 0.717) is 24.2 Å². The zero-order chi connectivity index (χ0) is 21.0. The molecule has 2 aromatic carbocycles. The molecular weight excluding hydrogens is 380 g/mol. The predicted molar refractivity (Wildman–Crippen MR) is 114 cm³/mol. The molecule has 2 aliphatic rings. The SMILES string of the molecule is NC(=O)c1ccc(OCCCN2CCCC3(CC2)CC(=O)c2ccccc2O3)cc1. The van der Waals surface area contributed by atoms with Crippen molar-refractivity contribution < 1.29 is 19.1 Å². The molecule has 2 N–H and O–H groups in total. The largest absolute Gasteiger partial charge is 0.494 e. The molecule has 0 aromatic heterocycles. The number of Topliss-reactive ketones (excluding diaryl/α,β-unsaturated/α-hetero) is 1. The minimum absolute atomic E-state index is 0.195. The number of primary amides is 1. The van der Waals surface area contributed by atoms with Crippen LogP contribution < -0.4 is 15.2 Å². The molecule has 0 saturated carbocycles.